The molecule has 2 aromatic carbocycles. The van der Waals surface area contributed by atoms with Gasteiger partial charge in [0, 0.05) is 67.4 Å². The molecule has 1 saturated heterocycles. The van der Waals surface area contributed by atoms with E-state index >= 15 is 0 Å². The van der Waals surface area contributed by atoms with Gasteiger partial charge in [-0.3, -0.25) is 9.79 Å². The fraction of sp³-hybridized carbons (Fsp3) is 0.280. The van der Waals surface area contributed by atoms with Gasteiger partial charge >= 0.3 is 0 Å². The number of aliphatic imine (C=N–C) groups is 1. The summed E-state index contributed by atoms with van der Waals surface area (Å²) in [5, 5.41) is 0.862. The molecule has 1 fully saturated rings. The van der Waals surface area contributed by atoms with Gasteiger partial charge in [0.2, 0.25) is 0 Å². The average molecular weight is 431 g/mol. The van der Waals surface area contributed by atoms with Crippen LogP contribution in [0.5, 0.6) is 11.5 Å². The number of likely N-dealkylation sites (tertiary alicyclic amines) is 1. The van der Waals surface area contributed by atoms with Crippen LogP contribution in [0.15, 0.2) is 65.4 Å². The highest BCUT2D eigenvalue weighted by Crippen LogP contribution is 2.43. The number of nitrogens with zero attached hydrogens (tertiary/aromatic N) is 2. The number of benzene rings is 2. The minimum Gasteiger partial charge on any atom is -0.497 e. The van der Waals surface area contributed by atoms with E-state index in [1.54, 1.807) is 26.6 Å². The molecule has 0 unspecified atom stereocenters. The van der Waals surface area contributed by atoms with Crippen molar-refractivity contribution in [2.24, 2.45) is 10.7 Å². The van der Waals surface area contributed by atoms with Crippen LogP contribution in [0.2, 0.25) is 0 Å². The predicted molar refractivity (Wildman–Crippen MR) is 125 cm³/mol. The normalized spacial score (nSPS) is 19.9. The summed E-state index contributed by atoms with van der Waals surface area (Å²) in [7, 11) is 3.40. The molecule has 1 aromatic heterocycles. The SMILES string of the molecule is CN=C1/C(=C\N)C2(CCN(C(=O)c3c[nH]c4ccc(OC)cc34)CC2)Oc2ccccc21. The Balaban J connectivity index is 1.42. The maximum Gasteiger partial charge on any atom is 0.256 e. The second-order valence-corrected chi connectivity index (χ2v) is 8.15. The number of ether oxygens (including phenoxy) is 2. The minimum absolute atomic E-state index is 0.00165. The molecule has 3 aromatic rings. The molecule has 164 valence electrons. The Kier molecular flexibility index (Phi) is 4.89. The Morgan fingerprint density at radius 1 is 1.25 bits per heavy atom. The molecule has 1 spiro atoms. The molecule has 32 heavy (non-hydrogen) atoms. The number of methoxy groups -OCH3 is 1. The molecule has 3 heterocycles. The monoisotopic (exact) mass is 430 g/mol. The first-order chi connectivity index (χ1) is 15.6. The van der Waals surface area contributed by atoms with Gasteiger partial charge in [0.1, 0.15) is 17.1 Å². The molecular formula is C25H26N4O3. The van der Waals surface area contributed by atoms with Crippen LogP contribution in [0.1, 0.15) is 28.8 Å². The van der Waals surface area contributed by atoms with Crippen molar-refractivity contribution in [1.29, 1.82) is 0 Å². The average Bonchev–Trinajstić information content (AvgIpc) is 3.26. The highest BCUT2D eigenvalue weighted by atomic mass is 16.5. The van der Waals surface area contributed by atoms with Gasteiger partial charge in [-0.2, -0.15) is 0 Å². The fourth-order valence-corrected chi connectivity index (χ4v) is 4.87. The quantitative estimate of drug-likeness (QED) is 0.651. The number of aromatic nitrogens is 1. The van der Waals surface area contributed by atoms with E-state index in [-0.39, 0.29) is 5.91 Å². The number of fused-ring (bicyclic) bond motifs is 2. The van der Waals surface area contributed by atoms with E-state index in [0.29, 0.717) is 31.5 Å². The van der Waals surface area contributed by atoms with Gasteiger partial charge in [-0.1, -0.05) is 12.1 Å². The Bertz CT molecular complexity index is 1250. The smallest absolute Gasteiger partial charge is 0.256 e. The molecule has 0 bridgehead atoms. The number of carbonyl (C=O) groups excluding carboxylic acids is 1. The molecule has 5 rings (SSSR count). The maximum absolute atomic E-state index is 13.4. The lowest BCUT2D eigenvalue weighted by molar-refractivity contribution is 0.0286. The van der Waals surface area contributed by atoms with Gasteiger partial charge in [-0.25, -0.2) is 0 Å². The Morgan fingerprint density at radius 2 is 2.03 bits per heavy atom. The number of nitrogens with one attached hydrogen (secondary N) is 1. The minimum atomic E-state index is -0.585. The van der Waals surface area contributed by atoms with E-state index in [1.165, 1.54) is 0 Å². The number of carbonyl (C=O) groups is 1. The molecule has 1 amide bonds. The van der Waals surface area contributed by atoms with E-state index in [1.807, 2.05) is 47.4 Å². The van der Waals surface area contributed by atoms with Crippen LogP contribution < -0.4 is 15.2 Å². The van der Waals surface area contributed by atoms with Gasteiger partial charge in [-0.15, -0.1) is 0 Å². The summed E-state index contributed by atoms with van der Waals surface area (Å²) >= 11 is 0. The molecule has 7 nitrogen and oxygen atoms in total. The second kappa shape index (κ2) is 7.75. The lowest BCUT2D eigenvalue weighted by Crippen LogP contribution is -2.54. The fourth-order valence-electron chi connectivity index (χ4n) is 4.87. The second-order valence-electron chi connectivity index (χ2n) is 8.15. The molecule has 0 atom stereocenters. The summed E-state index contributed by atoms with van der Waals surface area (Å²) in [5.74, 6) is 1.53. The van der Waals surface area contributed by atoms with Crippen LogP contribution in [-0.2, 0) is 0 Å². The topological polar surface area (TPSA) is 92.9 Å². The number of nitrogens with two attached hydrogens (primary N) is 1. The van der Waals surface area contributed by atoms with Gasteiger partial charge in [0.15, 0.2) is 0 Å². The predicted octanol–water partition coefficient (Wildman–Crippen LogP) is 3.51. The number of aromatic amines is 1. The molecule has 0 aliphatic carbocycles. The Morgan fingerprint density at radius 3 is 2.75 bits per heavy atom. The third-order valence-corrected chi connectivity index (χ3v) is 6.56. The Hall–Kier alpha value is -3.74. The first-order valence-corrected chi connectivity index (χ1v) is 10.7. The number of amides is 1. The molecule has 2 aliphatic rings. The van der Waals surface area contributed by atoms with Crippen LogP contribution in [0.4, 0.5) is 0 Å². The number of hydrogen-bond acceptors (Lipinski definition) is 5. The zero-order valence-corrected chi connectivity index (χ0v) is 18.2. The van der Waals surface area contributed by atoms with Gasteiger partial charge in [0.05, 0.1) is 18.4 Å². The van der Waals surface area contributed by atoms with Crippen LogP contribution in [0.3, 0.4) is 0 Å². The van der Waals surface area contributed by atoms with Crippen molar-refractivity contribution in [3.05, 3.63) is 71.6 Å². The molecule has 7 heteroatoms. The molecule has 0 radical (unpaired) electrons. The summed E-state index contributed by atoms with van der Waals surface area (Å²) in [6, 6.07) is 13.6. The van der Waals surface area contributed by atoms with Crippen LogP contribution in [-0.4, -0.2) is 54.4 Å². The summed E-state index contributed by atoms with van der Waals surface area (Å²) in [6.45, 7) is 1.12. The van der Waals surface area contributed by atoms with E-state index in [4.69, 9.17) is 15.2 Å². The van der Waals surface area contributed by atoms with Crippen molar-refractivity contribution in [2.75, 3.05) is 27.2 Å². The first kappa shape index (κ1) is 20.2. The Labute approximate surface area is 186 Å². The van der Waals surface area contributed by atoms with Crippen LogP contribution >= 0.6 is 0 Å². The van der Waals surface area contributed by atoms with Crippen molar-refractivity contribution >= 4 is 22.5 Å². The van der Waals surface area contributed by atoms with Gasteiger partial charge in [0.25, 0.3) is 5.91 Å². The summed E-state index contributed by atoms with van der Waals surface area (Å²) < 4.78 is 11.9. The van der Waals surface area contributed by atoms with Crippen molar-refractivity contribution in [3.8, 4) is 11.5 Å². The molecular weight excluding hydrogens is 404 g/mol. The molecule has 3 N–H and O–H groups in total. The van der Waals surface area contributed by atoms with E-state index in [0.717, 1.165) is 39.3 Å². The number of rotatable bonds is 2. The van der Waals surface area contributed by atoms with Crippen LogP contribution in [0.25, 0.3) is 10.9 Å². The lowest BCUT2D eigenvalue weighted by atomic mass is 9.78. The standard InChI is InChI=1S/C25H26N4O3/c1-27-23-17-5-3-4-6-22(17)32-25(20(23)14-26)9-11-29(12-10-25)24(30)19-15-28-21-8-7-16(31-2)13-18(19)21/h3-8,13-15,28H,9-12,26H2,1-2H3/b20-14+,27-23?. The third kappa shape index (κ3) is 3.04. The van der Waals surface area contributed by atoms with Crippen molar-refractivity contribution in [1.82, 2.24) is 9.88 Å². The summed E-state index contributed by atoms with van der Waals surface area (Å²) in [4.78, 5) is 23.0. The van der Waals surface area contributed by atoms with Crippen molar-refractivity contribution in [3.63, 3.8) is 0 Å². The van der Waals surface area contributed by atoms with E-state index in [9.17, 15) is 4.79 Å². The number of para-hydroxylation sites is 1. The van der Waals surface area contributed by atoms with Crippen LogP contribution in [0, 0.1) is 0 Å². The number of H-pyrrole nitrogens is 1. The lowest BCUT2D eigenvalue weighted by Gasteiger charge is -2.46. The van der Waals surface area contributed by atoms with E-state index in [2.05, 4.69) is 9.98 Å². The molecule has 2 aliphatic heterocycles. The zero-order valence-electron chi connectivity index (χ0n) is 18.2. The highest BCUT2D eigenvalue weighted by Gasteiger charge is 2.46. The first-order valence-electron chi connectivity index (χ1n) is 10.7. The number of hydrogen-bond donors (Lipinski definition) is 2. The van der Waals surface area contributed by atoms with E-state index < -0.39 is 5.60 Å². The molecule has 0 saturated carbocycles. The number of piperidine rings is 1. The summed E-state index contributed by atoms with van der Waals surface area (Å²) in [5.41, 5.74) is 9.74. The van der Waals surface area contributed by atoms with Gasteiger partial charge < -0.3 is 25.1 Å². The van der Waals surface area contributed by atoms with Crippen molar-refractivity contribution in [2.45, 2.75) is 18.4 Å². The summed E-state index contributed by atoms with van der Waals surface area (Å²) in [6.07, 6.45) is 4.67. The van der Waals surface area contributed by atoms with Crippen molar-refractivity contribution < 1.29 is 14.3 Å². The largest absolute Gasteiger partial charge is 0.497 e. The third-order valence-electron chi connectivity index (χ3n) is 6.56. The highest BCUT2D eigenvalue weighted by molar-refractivity contribution is 6.16. The van der Waals surface area contributed by atoms with Gasteiger partial charge in [-0.05, 0) is 30.3 Å². The maximum atomic E-state index is 13.4. The zero-order chi connectivity index (χ0) is 22.3.